The van der Waals surface area contributed by atoms with Crippen molar-refractivity contribution in [2.24, 2.45) is 0 Å². The second-order valence-electron chi connectivity index (χ2n) is 6.67. The van der Waals surface area contributed by atoms with Crippen LogP contribution in [0, 0.1) is 11.3 Å². The summed E-state index contributed by atoms with van der Waals surface area (Å²) in [5, 5.41) is 12.7. The molecule has 0 aliphatic carbocycles. The van der Waals surface area contributed by atoms with Gasteiger partial charge in [-0.15, -0.1) is 0 Å². The number of hydrogen-bond acceptors (Lipinski definition) is 7. The van der Waals surface area contributed by atoms with E-state index in [1.54, 1.807) is 14.2 Å². The van der Waals surface area contributed by atoms with Gasteiger partial charge < -0.3 is 24.1 Å². The summed E-state index contributed by atoms with van der Waals surface area (Å²) in [4.78, 5) is 6.41. The first-order chi connectivity index (χ1) is 14.0. The number of hydrogen-bond donors (Lipinski definition) is 1. The van der Waals surface area contributed by atoms with Crippen molar-refractivity contribution >= 4 is 5.88 Å². The van der Waals surface area contributed by atoms with E-state index < -0.39 is 0 Å². The second-order valence-corrected chi connectivity index (χ2v) is 6.67. The van der Waals surface area contributed by atoms with Gasteiger partial charge in [0.2, 0.25) is 17.5 Å². The number of nitrogens with one attached hydrogen (secondary N) is 1. The van der Waals surface area contributed by atoms with E-state index in [0.717, 1.165) is 22.6 Å². The van der Waals surface area contributed by atoms with Gasteiger partial charge >= 0.3 is 0 Å². The smallest absolute Gasteiger partial charge is 0.232 e. The Hall–Kier alpha value is -3.50. The van der Waals surface area contributed by atoms with Crippen LogP contribution in [0.5, 0.6) is 11.5 Å². The van der Waals surface area contributed by atoms with E-state index in [4.69, 9.17) is 13.9 Å². The van der Waals surface area contributed by atoms with Gasteiger partial charge in [-0.1, -0.05) is 12.1 Å². The molecule has 0 saturated carbocycles. The number of methoxy groups -OCH3 is 2. The van der Waals surface area contributed by atoms with Crippen molar-refractivity contribution < 1.29 is 13.9 Å². The molecule has 2 aromatic carbocycles. The molecule has 7 heteroatoms. The lowest BCUT2D eigenvalue weighted by Gasteiger charge is -2.25. The van der Waals surface area contributed by atoms with Crippen LogP contribution < -0.4 is 14.8 Å². The third-order valence-corrected chi connectivity index (χ3v) is 4.65. The Balaban J connectivity index is 1.78. The molecule has 3 aromatic rings. The number of nitriles is 1. The molecule has 1 atom stereocenters. The van der Waals surface area contributed by atoms with Crippen molar-refractivity contribution in [2.45, 2.75) is 6.04 Å². The van der Waals surface area contributed by atoms with E-state index in [-0.39, 0.29) is 11.7 Å². The van der Waals surface area contributed by atoms with E-state index >= 15 is 0 Å². The van der Waals surface area contributed by atoms with Crippen LogP contribution in [0.1, 0.15) is 17.3 Å². The first kappa shape index (κ1) is 20.2. The molecule has 7 nitrogen and oxygen atoms in total. The molecule has 0 spiro atoms. The van der Waals surface area contributed by atoms with Gasteiger partial charge in [-0.25, -0.2) is 0 Å². The van der Waals surface area contributed by atoms with Crippen LogP contribution in [-0.4, -0.2) is 44.7 Å². The Morgan fingerprint density at radius 2 is 1.62 bits per heavy atom. The summed E-state index contributed by atoms with van der Waals surface area (Å²) in [7, 11) is 7.27. The van der Waals surface area contributed by atoms with Crippen LogP contribution in [0.4, 0.5) is 5.88 Å². The van der Waals surface area contributed by atoms with Gasteiger partial charge in [-0.2, -0.15) is 10.2 Å². The highest BCUT2D eigenvalue weighted by Crippen LogP contribution is 2.28. The fourth-order valence-electron chi connectivity index (χ4n) is 2.99. The SMILES string of the molecule is COc1ccc(-c2nc(C#N)c(NC[C@H](c3ccc(OC)cc3)N(C)C)o2)cc1. The molecule has 0 aliphatic rings. The van der Waals surface area contributed by atoms with Gasteiger partial charge in [0.05, 0.1) is 20.3 Å². The highest BCUT2D eigenvalue weighted by atomic mass is 16.5. The molecule has 1 heterocycles. The molecule has 1 N–H and O–H groups in total. The summed E-state index contributed by atoms with van der Waals surface area (Å²) in [6.07, 6.45) is 0. The number of ether oxygens (including phenoxy) is 2. The van der Waals surface area contributed by atoms with Gasteiger partial charge in [0, 0.05) is 12.1 Å². The number of rotatable bonds is 8. The van der Waals surface area contributed by atoms with Crippen molar-refractivity contribution in [1.82, 2.24) is 9.88 Å². The number of benzene rings is 2. The predicted octanol–water partition coefficient (Wildman–Crippen LogP) is 3.95. The maximum Gasteiger partial charge on any atom is 0.232 e. The lowest BCUT2D eigenvalue weighted by Crippen LogP contribution is -2.26. The lowest BCUT2D eigenvalue weighted by molar-refractivity contribution is 0.310. The largest absolute Gasteiger partial charge is 0.497 e. The van der Waals surface area contributed by atoms with Crippen LogP contribution in [0.2, 0.25) is 0 Å². The zero-order chi connectivity index (χ0) is 20.8. The number of likely N-dealkylation sites (N-methyl/N-ethyl adjacent to an activating group) is 1. The van der Waals surface area contributed by atoms with Crippen molar-refractivity contribution in [2.75, 3.05) is 40.2 Å². The molecule has 0 fully saturated rings. The van der Waals surface area contributed by atoms with E-state index in [9.17, 15) is 5.26 Å². The lowest BCUT2D eigenvalue weighted by atomic mass is 10.1. The summed E-state index contributed by atoms with van der Waals surface area (Å²) in [5.74, 6) is 2.30. The molecule has 0 unspecified atom stereocenters. The molecule has 3 rings (SSSR count). The standard InChI is InChI=1S/C22H24N4O3/c1-26(2)20(15-5-9-17(27-3)10-6-15)14-24-22-19(13-23)25-21(29-22)16-7-11-18(28-4)12-8-16/h5-12,20,24H,14H2,1-4H3/t20-/m1/s1. The third-order valence-electron chi connectivity index (χ3n) is 4.65. The van der Waals surface area contributed by atoms with Gasteiger partial charge in [0.15, 0.2) is 0 Å². The molecule has 0 amide bonds. The van der Waals surface area contributed by atoms with Crippen LogP contribution >= 0.6 is 0 Å². The van der Waals surface area contributed by atoms with E-state index in [1.807, 2.05) is 62.6 Å². The molecule has 1 aromatic heterocycles. The number of oxazole rings is 1. The Bertz CT molecular complexity index is 973. The molecule has 150 valence electrons. The molecular weight excluding hydrogens is 368 g/mol. The fraction of sp³-hybridized carbons (Fsp3) is 0.273. The highest BCUT2D eigenvalue weighted by Gasteiger charge is 2.19. The molecule has 0 aliphatic heterocycles. The van der Waals surface area contributed by atoms with E-state index in [2.05, 4.69) is 21.3 Å². The van der Waals surface area contributed by atoms with Crippen molar-refractivity contribution in [3.05, 3.63) is 59.8 Å². The zero-order valence-corrected chi connectivity index (χ0v) is 17.0. The highest BCUT2D eigenvalue weighted by molar-refractivity contribution is 5.59. The van der Waals surface area contributed by atoms with Gasteiger partial charge in [0.1, 0.15) is 17.6 Å². The minimum absolute atomic E-state index is 0.0713. The van der Waals surface area contributed by atoms with E-state index in [1.165, 1.54) is 0 Å². The van der Waals surface area contributed by atoms with Gasteiger partial charge in [0.25, 0.3) is 0 Å². The summed E-state index contributed by atoms with van der Waals surface area (Å²) in [5.41, 5.74) is 2.12. The molecule has 0 radical (unpaired) electrons. The summed E-state index contributed by atoms with van der Waals surface area (Å²) < 4.78 is 16.2. The monoisotopic (exact) mass is 392 g/mol. The molecule has 0 saturated heterocycles. The van der Waals surface area contributed by atoms with Crippen molar-refractivity contribution in [1.29, 1.82) is 5.26 Å². The van der Waals surface area contributed by atoms with Crippen molar-refractivity contribution in [3.63, 3.8) is 0 Å². The van der Waals surface area contributed by atoms with Gasteiger partial charge in [-0.05, 0) is 56.1 Å². The minimum atomic E-state index is 0.0713. The van der Waals surface area contributed by atoms with Crippen LogP contribution in [0.15, 0.2) is 52.9 Å². The van der Waals surface area contributed by atoms with Crippen LogP contribution in [0.25, 0.3) is 11.5 Å². The first-order valence-corrected chi connectivity index (χ1v) is 9.15. The summed E-state index contributed by atoms with van der Waals surface area (Å²) >= 11 is 0. The number of aromatic nitrogens is 1. The number of nitrogens with zero attached hydrogens (tertiary/aromatic N) is 3. The predicted molar refractivity (Wildman–Crippen MR) is 111 cm³/mol. The Morgan fingerprint density at radius 1 is 1.03 bits per heavy atom. The molecule has 29 heavy (non-hydrogen) atoms. The van der Waals surface area contributed by atoms with Crippen LogP contribution in [0.3, 0.4) is 0 Å². The Kier molecular flexibility index (Phi) is 6.37. The average Bonchev–Trinajstić information content (AvgIpc) is 3.17. The second kappa shape index (κ2) is 9.13. The topological polar surface area (TPSA) is 83.5 Å². The normalized spacial score (nSPS) is 11.7. The van der Waals surface area contributed by atoms with Crippen LogP contribution in [-0.2, 0) is 0 Å². The minimum Gasteiger partial charge on any atom is -0.497 e. The number of anilines is 1. The zero-order valence-electron chi connectivity index (χ0n) is 17.0. The maximum absolute atomic E-state index is 9.45. The Morgan fingerprint density at radius 3 is 2.14 bits per heavy atom. The first-order valence-electron chi connectivity index (χ1n) is 9.15. The summed E-state index contributed by atoms with van der Waals surface area (Å²) in [6, 6.07) is 17.4. The third kappa shape index (κ3) is 4.68. The van der Waals surface area contributed by atoms with E-state index in [0.29, 0.717) is 18.3 Å². The quantitative estimate of drug-likeness (QED) is 0.621. The Labute approximate surface area is 170 Å². The molecular formula is C22H24N4O3. The van der Waals surface area contributed by atoms with Gasteiger partial charge in [-0.3, -0.25) is 0 Å². The summed E-state index contributed by atoms with van der Waals surface area (Å²) in [6.45, 7) is 0.547. The fourth-order valence-corrected chi connectivity index (χ4v) is 2.99. The average molecular weight is 392 g/mol. The van der Waals surface area contributed by atoms with Crippen molar-refractivity contribution in [3.8, 4) is 29.0 Å². The maximum atomic E-state index is 9.45. The molecule has 0 bridgehead atoms.